The van der Waals surface area contributed by atoms with E-state index in [4.69, 9.17) is 5.41 Å². The molecule has 0 spiro atoms. The van der Waals surface area contributed by atoms with Gasteiger partial charge in [0.25, 0.3) is 0 Å². The summed E-state index contributed by atoms with van der Waals surface area (Å²) in [6.07, 6.45) is 2.49. The first-order chi connectivity index (χ1) is 12.1. The van der Waals surface area contributed by atoms with E-state index >= 15 is 0 Å². The first kappa shape index (κ1) is 24.6. The second kappa shape index (κ2) is 12.9. The van der Waals surface area contributed by atoms with Crippen molar-refractivity contribution < 1.29 is 19.5 Å². The van der Waals surface area contributed by atoms with E-state index in [1.165, 1.54) is 11.8 Å². The number of ketones is 1. The maximum Gasteiger partial charge on any atom is 0.317 e. The van der Waals surface area contributed by atoms with Crippen LogP contribution < -0.4 is 5.32 Å². The molecule has 0 bridgehead atoms. The molecule has 0 rings (SSSR count). The van der Waals surface area contributed by atoms with Crippen LogP contribution >= 0.6 is 11.8 Å². The Bertz CT molecular complexity index is 492. The van der Waals surface area contributed by atoms with Crippen LogP contribution in [0.1, 0.15) is 66.7 Å². The largest absolute Gasteiger partial charge is 0.480 e. The molecule has 0 saturated heterocycles. The Morgan fingerprint density at radius 1 is 1.12 bits per heavy atom. The predicted molar refractivity (Wildman–Crippen MR) is 107 cm³/mol. The molecule has 0 radical (unpaired) electrons. The van der Waals surface area contributed by atoms with Gasteiger partial charge >= 0.3 is 5.97 Å². The molecular weight excluding hydrogens is 352 g/mol. The summed E-state index contributed by atoms with van der Waals surface area (Å²) < 4.78 is 0. The molecule has 0 aliphatic carbocycles. The van der Waals surface area contributed by atoms with Gasteiger partial charge in [0, 0.05) is 18.1 Å². The van der Waals surface area contributed by atoms with Crippen molar-refractivity contribution in [2.45, 2.75) is 78.0 Å². The number of carbonyl (C=O) groups is 3. The number of hydrogen-bond donors (Lipinski definition) is 3. The summed E-state index contributed by atoms with van der Waals surface area (Å²) in [5.74, 6) is -0.600. The van der Waals surface area contributed by atoms with E-state index in [1.807, 2.05) is 6.92 Å². The predicted octanol–water partition coefficient (Wildman–Crippen LogP) is 3.53. The quantitative estimate of drug-likeness (QED) is 0.313. The van der Waals surface area contributed by atoms with Gasteiger partial charge in [0.1, 0.15) is 5.25 Å². The molecule has 3 N–H and O–H groups in total. The fourth-order valence-corrected chi connectivity index (χ4v) is 3.53. The SMILES string of the molecule is CCC(NC(=O)CC(SCCCC(=N)CC(C)C)C(=O)O)C(=O)C(C)C. The van der Waals surface area contributed by atoms with E-state index in [2.05, 4.69) is 19.2 Å². The number of nitrogens with one attached hydrogen (secondary N) is 2. The zero-order valence-electron chi connectivity index (χ0n) is 16.6. The van der Waals surface area contributed by atoms with Gasteiger partial charge in [-0.2, -0.15) is 0 Å². The highest BCUT2D eigenvalue weighted by Crippen LogP contribution is 2.18. The summed E-state index contributed by atoms with van der Waals surface area (Å²) >= 11 is 1.23. The fraction of sp³-hybridized carbons (Fsp3) is 0.789. The second-order valence-electron chi connectivity index (χ2n) is 7.29. The Morgan fingerprint density at radius 2 is 1.73 bits per heavy atom. The lowest BCUT2D eigenvalue weighted by atomic mass is 10.00. The van der Waals surface area contributed by atoms with Gasteiger partial charge in [-0.3, -0.25) is 14.4 Å². The molecular formula is C19H34N2O4S. The van der Waals surface area contributed by atoms with E-state index in [9.17, 15) is 19.5 Å². The zero-order valence-corrected chi connectivity index (χ0v) is 17.4. The van der Waals surface area contributed by atoms with Crippen LogP contribution in [-0.4, -0.2) is 45.5 Å². The molecule has 0 aliphatic rings. The molecule has 2 atom stereocenters. The maximum absolute atomic E-state index is 12.1. The van der Waals surface area contributed by atoms with Gasteiger partial charge in [0.15, 0.2) is 5.78 Å². The summed E-state index contributed by atoms with van der Waals surface area (Å²) in [5.41, 5.74) is 0.684. The van der Waals surface area contributed by atoms with Crippen molar-refractivity contribution in [1.82, 2.24) is 5.32 Å². The number of thioether (sulfide) groups is 1. The van der Waals surface area contributed by atoms with Gasteiger partial charge in [0.05, 0.1) is 6.04 Å². The molecule has 0 saturated carbocycles. The number of amides is 1. The maximum atomic E-state index is 12.1. The van der Waals surface area contributed by atoms with Crippen LogP contribution in [0, 0.1) is 17.2 Å². The van der Waals surface area contributed by atoms with Crippen molar-refractivity contribution in [1.29, 1.82) is 5.41 Å². The minimum Gasteiger partial charge on any atom is -0.480 e. The van der Waals surface area contributed by atoms with Crippen LogP contribution in [-0.2, 0) is 14.4 Å². The molecule has 1 amide bonds. The molecule has 150 valence electrons. The normalized spacial score (nSPS) is 13.5. The van der Waals surface area contributed by atoms with Gasteiger partial charge in [-0.1, -0.05) is 34.6 Å². The summed E-state index contributed by atoms with van der Waals surface area (Å²) in [6.45, 7) is 9.51. The van der Waals surface area contributed by atoms with Crippen LogP contribution in [0.2, 0.25) is 0 Å². The fourth-order valence-electron chi connectivity index (χ4n) is 2.52. The van der Waals surface area contributed by atoms with Gasteiger partial charge in [0.2, 0.25) is 5.91 Å². The van der Waals surface area contributed by atoms with Crippen LogP contribution in [0.25, 0.3) is 0 Å². The average Bonchev–Trinajstić information content (AvgIpc) is 2.53. The summed E-state index contributed by atoms with van der Waals surface area (Å²) in [5, 5.41) is 19.0. The van der Waals surface area contributed by atoms with E-state index < -0.39 is 23.2 Å². The molecule has 0 heterocycles. The highest BCUT2D eigenvalue weighted by atomic mass is 32.2. The zero-order chi connectivity index (χ0) is 20.3. The standard InChI is InChI=1S/C19H34N2O4S/c1-6-15(18(23)13(4)5)21-17(22)11-16(19(24)25)26-9-7-8-14(20)10-12(2)3/h12-13,15-16,20H,6-11H2,1-5H3,(H,21,22)(H,24,25). The molecule has 2 unspecified atom stereocenters. The molecule has 0 aromatic heterocycles. The number of carbonyl (C=O) groups excluding carboxylic acids is 2. The molecule has 0 fully saturated rings. The lowest BCUT2D eigenvalue weighted by Crippen LogP contribution is -2.43. The van der Waals surface area contributed by atoms with Crippen molar-refractivity contribution in [2.75, 3.05) is 5.75 Å². The minimum absolute atomic E-state index is 0.0379. The topological polar surface area (TPSA) is 107 Å². The van der Waals surface area contributed by atoms with Crippen molar-refractivity contribution in [3.8, 4) is 0 Å². The highest BCUT2D eigenvalue weighted by Gasteiger charge is 2.25. The van der Waals surface area contributed by atoms with Crippen molar-refractivity contribution >= 4 is 35.1 Å². The van der Waals surface area contributed by atoms with Crippen LogP contribution in [0.15, 0.2) is 0 Å². The minimum atomic E-state index is -1.02. The van der Waals surface area contributed by atoms with Crippen LogP contribution in [0.4, 0.5) is 0 Å². The Balaban J connectivity index is 4.41. The molecule has 0 aromatic carbocycles. The van der Waals surface area contributed by atoms with E-state index in [1.54, 1.807) is 13.8 Å². The molecule has 7 heteroatoms. The third-order valence-electron chi connectivity index (χ3n) is 3.90. The Labute approximate surface area is 161 Å². The summed E-state index contributed by atoms with van der Waals surface area (Å²) in [6, 6.07) is -0.557. The van der Waals surface area contributed by atoms with Gasteiger partial charge in [-0.15, -0.1) is 11.8 Å². The molecule has 0 aliphatic heterocycles. The van der Waals surface area contributed by atoms with Gasteiger partial charge in [-0.05, 0) is 37.4 Å². The van der Waals surface area contributed by atoms with E-state index in [-0.39, 0.29) is 18.1 Å². The monoisotopic (exact) mass is 386 g/mol. The lowest BCUT2D eigenvalue weighted by Gasteiger charge is -2.19. The van der Waals surface area contributed by atoms with Gasteiger partial charge in [-0.25, -0.2) is 0 Å². The number of hydrogen-bond acceptors (Lipinski definition) is 5. The van der Waals surface area contributed by atoms with E-state index in [0.717, 1.165) is 12.8 Å². The Morgan fingerprint density at radius 3 is 2.19 bits per heavy atom. The van der Waals surface area contributed by atoms with E-state index in [0.29, 0.717) is 30.2 Å². The number of carboxylic acid groups (broad SMARTS) is 1. The van der Waals surface area contributed by atoms with Crippen LogP contribution in [0.3, 0.4) is 0 Å². The third kappa shape index (κ3) is 10.6. The van der Waals surface area contributed by atoms with Crippen LogP contribution in [0.5, 0.6) is 0 Å². The second-order valence-corrected chi connectivity index (χ2v) is 8.60. The summed E-state index contributed by atoms with van der Waals surface area (Å²) in [4.78, 5) is 35.6. The number of aliphatic carboxylic acids is 1. The smallest absolute Gasteiger partial charge is 0.317 e. The van der Waals surface area contributed by atoms with Crippen molar-refractivity contribution in [2.24, 2.45) is 11.8 Å². The van der Waals surface area contributed by atoms with Gasteiger partial charge < -0.3 is 15.8 Å². The molecule has 6 nitrogen and oxygen atoms in total. The van der Waals surface area contributed by atoms with Crippen molar-refractivity contribution in [3.05, 3.63) is 0 Å². The Hall–Kier alpha value is -1.37. The number of rotatable bonds is 14. The first-order valence-corrected chi connectivity index (χ1v) is 10.4. The average molecular weight is 387 g/mol. The summed E-state index contributed by atoms with van der Waals surface area (Å²) in [7, 11) is 0. The van der Waals surface area contributed by atoms with Crippen molar-refractivity contribution in [3.63, 3.8) is 0 Å². The number of Topliss-reactive ketones (excluding diaryl/α,β-unsaturated/α-hetero) is 1. The number of carboxylic acids is 1. The first-order valence-electron chi connectivity index (χ1n) is 9.32. The molecule has 26 heavy (non-hydrogen) atoms. The highest BCUT2D eigenvalue weighted by molar-refractivity contribution is 8.00. The molecule has 0 aromatic rings. The lowest BCUT2D eigenvalue weighted by molar-refractivity contribution is -0.138. The Kier molecular flexibility index (Phi) is 12.2. The third-order valence-corrected chi connectivity index (χ3v) is 5.19.